The summed E-state index contributed by atoms with van der Waals surface area (Å²) in [5, 5.41) is 8.71. The van der Waals surface area contributed by atoms with Gasteiger partial charge in [-0.15, -0.1) is 0 Å². The predicted molar refractivity (Wildman–Crippen MR) is 81.7 cm³/mol. The van der Waals surface area contributed by atoms with Crippen LogP contribution in [0, 0.1) is 0 Å². The summed E-state index contributed by atoms with van der Waals surface area (Å²) in [6, 6.07) is 9.19. The van der Waals surface area contributed by atoms with Gasteiger partial charge in [0, 0.05) is 19.0 Å². The first-order valence-electron chi connectivity index (χ1n) is 7.14. The van der Waals surface area contributed by atoms with Crippen molar-refractivity contribution in [1.82, 2.24) is 4.90 Å². The Hall–Kier alpha value is -1.88. The normalized spacial score (nSPS) is 13.8. The SMILES string of the molecule is CC(C)N(CCCC(=O)O)C(=O)C(C)(N)c1ccccc1. The Kier molecular flexibility index (Phi) is 5.90. The van der Waals surface area contributed by atoms with E-state index in [1.165, 1.54) is 0 Å². The molecule has 1 amide bonds. The van der Waals surface area contributed by atoms with Crippen LogP contribution in [-0.4, -0.2) is 34.5 Å². The fourth-order valence-corrected chi connectivity index (χ4v) is 2.20. The molecule has 0 fully saturated rings. The monoisotopic (exact) mass is 292 g/mol. The summed E-state index contributed by atoms with van der Waals surface area (Å²) in [5.41, 5.74) is 5.88. The number of nitrogens with two attached hydrogens (primary N) is 1. The summed E-state index contributed by atoms with van der Waals surface area (Å²) in [4.78, 5) is 25.0. The van der Waals surface area contributed by atoms with Crippen LogP contribution in [0.25, 0.3) is 0 Å². The van der Waals surface area contributed by atoms with Crippen LogP contribution in [0.4, 0.5) is 0 Å². The minimum Gasteiger partial charge on any atom is -0.481 e. The third-order valence-corrected chi connectivity index (χ3v) is 3.49. The van der Waals surface area contributed by atoms with E-state index in [0.717, 1.165) is 5.56 Å². The van der Waals surface area contributed by atoms with Crippen molar-refractivity contribution in [3.63, 3.8) is 0 Å². The Morgan fingerprint density at radius 3 is 2.33 bits per heavy atom. The van der Waals surface area contributed by atoms with Gasteiger partial charge in [0.25, 0.3) is 0 Å². The molecule has 0 spiro atoms. The highest BCUT2D eigenvalue weighted by atomic mass is 16.4. The zero-order valence-corrected chi connectivity index (χ0v) is 12.9. The van der Waals surface area contributed by atoms with Gasteiger partial charge in [-0.2, -0.15) is 0 Å². The standard InChI is InChI=1S/C16H24N2O3/c1-12(2)18(11-7-10-14(19)20)15(21)16(3,17)13-8-5-4-6-9-13/h4-6,8-9,12H,7,10-11,17H2,1-3H3,(H,19,20). The smallest absolute Gasteiger partial charge is 0.303 e. The van der Waals surface area contributed by atoms with Crippen molar-refractivity contribution in [2.75, 3.05) is 6.54 Å². The molecule has 0 aliphatic heterocycles. The second kappa shape index (κ2) is 7.22. The Bertz CT molecular complexity index is 484. The van der Waals surface area contributed by atoms with Gasteiger partial charge in [-0.05, 0) is 32.8 Å². The first-order valence-corrected chi connectivity index (χ1v) is 7.14. The molecule has 0 aliphatic rings. The van der Waals surface area contributed by atoms with Crippen molar-refractivity contribution in [2.45, 2.75) is 45.2 Å². The van der Waals surface area contributed by atoms with Gasteiger partial charge in [-0.1, -0.05) is 30.3 Å². The highest BCUT2D eigenvalue weighted by molar-refractivity contribution is 5.87. The molecule has 0 heterocycles. The van der Waals surface area contributed by atoms with Crippen LogP contribution in [0.5, 0.6) is 0 Å². The van der Waals surface area contributed by atoms with Crippen LogP contribution in [0.15, 0.2) is 30.3 Å². The van der Waals surface area contributed by atoms with Crippen molar-refractivity contribution >= 4 is 11.9 Å². The maximum Gasteiger partial charge on any atom is 0.303 e. The van der Waals surface area contributed by atoms with Crippen LogP contribution in [0.2, 0.25) is 0 Å². The number of benzene rings is 1. The number of rotatable bonds is 7. The molecular formula is C16H24N2O3. The molecule has 1 atom stereocenters. The number of carbonyl (C=O) groups is 2. The number of amides is 1. The molecule has 0 saturated carbocycles. The van der Waals surface area contributed by atoms with Gasteiger partial charge in [-0.3, -0.25) is 9.59 Å². The lowest BCUT2D eigenvalue weighted by atomic mass is 9.91. The van der Waals surface area contributed by atoms with Gasteiger partial charge in [0.15, 0.2) is 0 Å². The third-order valence-electron chi connectivity index (χ3n) is 3.49. The highest BCUT2D eigenvalue weighted by Gasteiger charge is 2.35. The van der Waals surface area contributed by atoms with E-state index in [4.69, 9.17) is 10.8 Å². The lowest BCUT2D eigenvalue weighted by molar-refractivity contribution is -0.141. The minimum absolute atomic E-state index is 0.0297. The maximum absolute atomic E-state index is 12.7. The first kappa shape index (κ1) is 17.2. The molecule has 0 saturated heterocycles. The second-order valence-corrected chi connectivity index (χ2v) is 5.66. The van der Waals surface area contributed by atoms with Crippen molar-refractivity contribution in [1.29, 1.82) is 0 Å². The Labute approximate surface area is 125 Å². The molecule has 1 aromatic rings. The summed E-state index contributed by atoms with van der Waals surface area (Å²) in [6.45, 7) is 5.89. The van der Waals surface area contributed by atoms with Crippen LogP contribution in [0.1, 0.15) is 39.2 Å². The Morgan fingerprint density at radius 2 is 1.86 bits per heavy atom. The molecule has 0 bridgehead atoms. The third kappa shape index (κ3) is 4.56. The zero-order valence-electron chi connectivity index (χ0n) is 12.9. The van der Waals surface area contributed by atoms with Crippen molar-refractivity contribution < 1.29 is 14.7 Å². The fraction of sp³-hybridized carbons (Fsp3) is 0.500. The van der Waals surface area contributed by atoms with E-state index in [1.807, 2.05) is 44.2 Å². The summed E-state index contributed by atoms with van der Waals surface area (Å²) in [5.74, 6) is -1.04. The van der Waals surface area contributed by atoms with Gasteiger partial charge in [0.05, 0.1) is 0 Å². The number of hydrogen-bond acceptors (Lipinski definition) is 3. The van der Waals surface area contributed by atoms with E-state index in [9.17, 15) is 9.59 Å². The number of hydrogen-bond donors (Lipinski definition) is 2. The predicted octanol–water partition coefficient (Wildman–Crippen LogP) is 1.96. The van der Waals surface area contributed by atoms with Crippen LogP contribution in [0.3, 0.4) is 0 Å². The minimum atomic E-state index is -1.12. The van der Waals surface area contributed by atoms with E-state index in [-0.39, 0.29) is 18.4 Å². The van der Waals surface area contributed by atoms with E-state index < -0.39 is 11.5 Å². The summed E-state index contributed by atoms with van der Waals surface area (Å²) in [6.07, 6.45) is 0.466. The summed E-state index contributed by atoms with van der Waals surface area (Å²) < 4.78 is 0. The van der Waals surface area contributed by atoms with Crippen LogP contribution >= 0.6 is 0 Å². The van der Waals surface area contributed by atoms with Crippen LogP contribution < -0.4 is 5.73 Å². The average molecular weight is 292 g/mol. The van der Waals surface area contributed by atoms with Crippen LogP contribution in [-0.2, 0) is 15.1 Å². The summed E-state index contributed by atoms with van der Waals surface area (Å²) in [7, 11) is 0. The summed E-state index contributed by atoms with van der Waals surface area (Å²) >= 11 is 0. The second-order valence-electron chi connectivity index (χ2n) is 5.66. The molecule has 5 nitrogen and oxygen atoms in total. The molecule has 116 valence electrons. The lowest BCUT2D eigenvalue weighted by Gasteiger charge is -2.34. The van der Waals surface area contributed by atoms with E-state index in [2.05, 4.69) is 0 Å². The Morgan fingerprint density at radius 1 is 1.29 bits per heavy atom. The number of carbonyl (C=O) groups excluding carboxylic acids is 1. The van der Waals surface area contributed by atoms with Gasteiger partial charge in [0.1, 0.15) is 5.54 Å². The average Bonchev–Trinajstić information content (AvgIpc) is 2.43. The van der Waals surface area contributed by atoms with E-state index in [0.29, 0.717) is 13.0 Å². The first-order chi connectivity index (χ1) is 9.76. The molecule has 21 heavy (non-hydrogen) atoms. The zero-order chi connectivity index (χ0) is 16.0. The highest BCUT2D eigenvalue weighted by Crippen LogP contribution is 2.21. The molecule has 0 aliphatic carbocycles. The van der Waals surface area contributed by atoms with Gasteiger partial charge >= 0.3 is 5.97 Å². The van der Waals surface area contributed by atoms with Crippen molar-refractivity contribution in [3.8, 4) is 0 Å². The fourth-order valence-electron chi connectivity index (χ4n) is 2.20. The molecule has 0 radical (unpaired) electrons. The van der Waals surface area contributed by atoms with Gasteiger partial charge in [0.2, 0.25) is 5.91 Å². The number of carboxylic acids is 1. The molecule has 0 aromatic heterocycles. The van der Waals surface area contributed by atoms with E-state index >= 15 is 0 Å². The largest absolute Gasteiger partial charge is 0.481 e. The van der Waals surface area contributed by atoms with Crippen molar-refractivity contribution in [2.24, 2.45) is 5.73 Å². The van der Waals surface area contributed by atoms with E-state index in [1.54, 1.807) is 11.8 Å². The molecule has 3 N–H and O–H groups in total. The topological polar surface area (TPSA) is 83.6 Å². The molecule has 1 unspecified atom stereocenters. The number of aliphatic carboxylic acids is 1. The Balaban J connectivity index is 2.87. The van der Waals surface area contributed by atoms with Gasteiger partial charge < -0.3 is 15.7 Å². The number of nitrogens with zero attached hydrogens (tertiary/aromatic N) is 1. The van der Waals surface area contributed by atoms with Crippen molar-refractivity contribution in [3.05, 3.63) is 35.9 Å². The maximum atomic E-state index is 12.7. The quantitative estimate of drug-likeness (QED) is 0.804. The lowest BCUT2D eigenvalue weighted by Crippen LogP contribution is -2.53. The molecule has 5 heteroatoms. The van der Waals surface area contributed by atoms with Gasteiger partial charge in [-0.25, -0.2) is 0 Å². The molecule has 1 rings (SSSR count). The molecular weight excluding hydrogens is 268 g/mol. The molecule has 1 aromatic carbocycles. The number of carboxylic acid groups (broad SMARTS) is 1.